The minimum absolute atomic E-state index is 0.0386. The van der Waals surface area contributed by atoms with Crippen molar-refractivity contribution in [1.82, 2.24) is 4.98 Å². The highest BCUT2D eigenvalue weighted by atomic mass is 31.2. The highest BCUT2D eigenvalue weighted by molar-refractivity contribution is 7.54. The van der Waals surface area contributed by atoms with Crippen LogP contribution in [-0.2, 0) is 42.1 Å². The predicted octanol–water partition coefficient (Wildman–Crippen LogP) is 5.14. The van der Waals surface area contributed by atoms with Gasteiger partial charge in [-0.1, -0.05) is 44.2 Å². The molecule has 0 aliphatic heterocycles. The first-order valence-electron chi connectivity index (χ1n) is 9.06. The van der Waals surface area contributed by atoms with Gasteiger partial charge < -0.3 is 18.5 Å². The molecule has 9 heteroatoms. The van der Waals surface area contributed by atoms with Crippen molar-refractivity contribution in [2.45, 2.75) is 45.8 Å². The van der Waals surface area contributed by atoms with Gasteiger partial charge in [0.2, 0.25) is 0 Å². The Morgan fingerprint density at radius 2 is 1.61 bits per heavy atom. The fourth-order valence-corrected chi connectivity index (χ4v) is 4.85. The van der Waals surface area contributed by atoms with E-state index < -0.39 is 15.2 Å². The Labute approximate surface area is 166 Å². The number of hydrogen-bond acceptors (Lipinski definition) is 6. The summed E-state index contributed by atoms with van der Waals surface area (Å²) in [6, 6.07) is 10.9. The normalized spacial score (nSPS) is 15.9. The van der Waals surface area contributed by atoms with E-state index in [2.05, 4.69) is 4.98 Å². The summed E-state index contributed by atoms with van der Waals surface area (Å²) >= 11 is 0. The minimum atomic E-state index is -3.84. The summed E-state index contributed by atoms with van der Waals surface area (Å²) in [5, 5.41) is 0. The molecular weight excluding hydrogens is 400 g/mol. The summed E-state index contributed by atoms with van der Waals surface area (Å²) in [5.74, 6) is 0. The standard InChI is InChI=1S/C19H27NO6P2/c1-4-24-28(23,16(2)3)26-14-18-10-19(12-20-11-18)15-27(21,22)25-13-17-8-6-5-7-9-17/h5-12,16H,4,13-15H2,1-3H3,(H,21,22). The molecular formula is C19H27NO6P2. The molecule has 2 aromatic rings. The van der Waals surface area contributed by atoms with Crippen molar-refractivity contribution in [1.29, 1.82) is 0 Å². The number of rotatable bonds is 11. The first-order chi connectivity index (χ1) is 13.2. The van der Waals surface area contributed by atoms with Crippen molar-refractivity contribution >= 4 is 15.2 Å². The zero-order valence-corrected chi connectivity index (χ0v) is 18.1. The van der Waals surface area contributed by atoms with Crippen molar-refractivity contribution in [3.63, 3.8) is 0 Å². The third-order valence-electron chi connectivity index (χ3n) is 3.86. The molecule has 2 rings (SSSR count). The molecule has 0 fully saturated rings. The quantitative estimate of drug-likeness (QED) is 0.496. The Morgan fingerprint density at radius 3 is 2.25 bits per heavy atom. The third kappa shape index (κ3) is 7.25. The molecule has 1 N–H and O–H groups in total. The number of hydrogen-bond donors (Lipinski definition) is 1. The van der Waals surface area contributed by atoms with Gasteiger partial charge >= 0.3 is 15.2 Å². The SMILES string of the molecule is CCOP(=O)(OCc1cncc(CP(=O)(O)OCc2ccccc2)c1)C(C)C. The fourth-order valence-electron chi connectivity index (χ4n) is 2.41. The van der Waals surface area contributed by atoms with Gasteiger partial charge in [-0.3, -0.25) is 14.1 Å². The second-order valence-electron chi connectivity index (χ2n) is 6.58. The van der Waals surface area contributed by atoms with Crippen molar-refractivity contribution in [2.75, 3.05) is 6.61 Å². The second-order valence-corrected chi connectivity index (χ2v) is 11.1. The first kappa shape index (κ1) is 23.0. The molecule has 0 spiro atoms. The van der Waals surface area contributed by atoms with Crippen LogP contribution in [-0.4, -0.2) is 22.1 Å². The monoisotopic (exact) mass is 427 g/mol. The Bertz CT molecular complexity index is 843. The van der Waals surface area contributed by atoms with Crippen LogP contribution in [0, 0.1) is 0 Å². The molecule has 0 bridgehead atoms. The lowest BCUT2D eigenvalue weighted by atomic mass is 10.2. The van der Waals surface area contributed by atoms with Crippen LogP contribution >= 0.6 is 15.2 Å². The van der Waals surface area contributed by atoms with Gasteiger partial charge in [-0.2, -0.15) is 0 Å². The number of aromatic nitrogens is 1. The lowest BCUT2D eigenvalue weighted by molar-refractivity contribution is 0.199. The molecule has 0 amide bonds. The lowest BCUT2D eigenvalue weighted by Gasteiger charge is -2.21. The Balaban J connectivity index is 1.98. The summed E-state index contributed by atoms with van der Waals surface area (Å²) in [6.45, 7) is 5.69. The zero-order chi connectivity index (χ0) is 20.6. The molecule has 0 saturated carbocycles. The van der Waals surface area contributed by atoms with Gasteiger partial charge in [0.1, 0.15) is 0 Å². The van der Waals surface area contributed by atoms with Gasteiger partial charge in [0.15, 0.2) is 0 Å². The van der Waals surface area contributed by atoms with E-state index in [9.17, 15) is 14.0 Å². The maximum Gasteiger partial charge on any atom is 0.333 e. The van der Waals surface area contributed by atoms with Gasteiger partial charge in [-0.15, -0.1) is 0 Å². The van der Waals surface area contributed by atoms with Gasteiger partial charge in [-0.05, 0) is 29.7 Å². The van der Waals surface area contributed by atoms with Crippen LogP contribution in [0.4, 0.5) is 0 Å². The molecule has 1 aromatic carbocycles. The molecule has 28 heavy (non-hydrogen) atoms. The smallest absolute Gasteiger partial charge is 0.324 e. The van der Waals surface area contributed by atoms with Crippen LogP contribution < -0.4 is 0 Å². The van der Waals surface area contributed by atoms with Crippen LogP contribution in [0.25, 0.3) is 0 Å². The fraction of sp³-hybridized carbons (Fsp3) is 0.421. The zero-order valence-electron chi connectivity index (χ0n) is 16.4. The second kappa shape index (κ2) is 10.4. The Hall–Kier alpha value is -1.33. The summed E-state index contributed by atoms with van der Waals surface area (Å²) < 4.78 is 41.1. The van der Waals surface area contributed by atoms with E-state index >= 15 is 0 Å². The predicted molar refractivity (Wildman–Crippen MR) is 108 cm³/mol. The van der Waals surface area contributed by atoms with Crippen molar-refractivity contribution < 1.29 is 27.6 Å². The molecule has 7 nitrogen and oxygen atoms in total. The summed E-state index contributed by atoms with van der Waals surface area (Å²) in [5.41, 5.74) is 1.72. The topological polar surface area (TPSA) is 95.0 Å². The van der Waals surface area contributed by atoms with Crippen molar-refractivity contribution in [2.24, 2.45) is 0 Å². The van der Waals surface area contributed by atoms with E-state index in [1.807, 2.05) is 30.3 Å². The Kier molecular flexibility index (Phi) is 8.56. The molecule has 0 radical (unpaired) electrons. The highest BCUT2D eigenvalue weighted by Crippen LogP contribution is 2.53. The van der Waals surface area contributed by atoms with Gasteiger partial charge in [0, 0.05) is 12.4 Å². The summed E-state index contributed by atoms with van der Waals surface area (Å²) in [4.78, 5) is 14.2. The minimum Gasteiger partial charge on any atom is -0.324 e. The van der Waals surface area contributed by atoms with E-state index in [1.54, 1.807) is 33.0 Å². The molecule has 1 heterocycles. The maximum absolute atomic E-state index is 12.7. The van der Waals surface area contributed by atoms with E-state index in [-0.39, 0.29) is 25.0 Å². The van der Waals surface area contributed by atoms with Crippen LogP contribution in [0.1, 0.15) is 37.5 Å². The molecule has 2 atom stereocenters. The van der Waals surface area contributed by atoms with Crippen LogP contribution in [0.5, 0.6) is 0 Å². The van der Waals surface area contributed by atoms with Gasteiger partial charge in [0.25, 0.3) is 0 Å². The van der Waals surface area contributed by atoms with Crippen LogP contribution in [0.3, 0.4) is 0 Å². The summed E-state index contributed by atoms with van der Waals surface area (Å²) in [7, 11) is -7.05. The molecule has 0 aliphatic carbocycles. The molecule has 154 valence electrons. The first-order valence-corrected chi connectivity index (χ1v) is 12.4. The third-order valence-corrected chi connectivity index (χ3v) is 7.53. The largest absolute Gasteiger partial charge is 0.333 e. The van der Waals surface area contributed by atoms with Gasteiger partial charge in [-0.25, -0.2) is 0 Å². The molecule has 2 unspecified atom stereocenters. The van der Waals surface area contributed by atoms with Crippen molar-refractivity contribution in [3.05, 3.63) is 65.5 Å². The van der Waals surface area contributed by atoms with E-state index in [4.69, 9.17) is 13.6 Å². The van der Waals surface area contributed by atoms with E-state index in [0.717, 1.165) is 5.56 Å². The Morgan fingerprint density at radius 1 is 0.964 bits per heavy atom. The van der Waals surface area contributed by atoms with Crippen LogP contribution in [0.2, 0.25) is 0 Å². The average molecular weight is 427 g/mol. The number of benzene rings is 1. The van der Waals surface area contributed by atoms with Crippen molar-refractivity contribution in [3.8, 4) is 0 Å². The number of pyridine rings is 1. The molecule has 0 aliphatic rings. The number of nitrogens with zero attached hydrogens (tertiary/aromatic N) is 1. The molecule has 0 saturated heterocycles. The van der Waals surface area contributed by atoms with Gasteiger partial charge in [0.05, 0.1) is 31.6 Å². The average Bonchev–Trinajstić information content (AvgIpc) is 2.66. The summed E-state index contributed by atoms with van der Waals surface area (Å²) in [6.07, 6.45) is 2.89. The molecule has 1 aromatic heterocycles. The maximum atomic E-state index is 12.7. The lowest BCUT2D eigenvalue weighted by Crippen LogP contribution is -2.06. The van der Waals surface area contributed by atoms with E-state index in [1.165, 1.54) is 6.20 Å². The van der Waals surface area contributed by atoms with E-state index in [0.29, 0.717) is 17.7 Å². The van der Waals surface area contributed by atoms with Crippen LogP contribution in [0.15, 0.2) is 48.8 Å². The highest BCUT2D eigenvalue weighted by Gasteiger charge is 2.29.